The molecule has 0 saturated carbocycles. The van der Waals surface area contributed by atoms with Crippen molar-refractivity contribution >= 4 is 27.7 Å². The highest BCUT2D eigenvalue weighted by molar-refractivity contribution is 9.10. The molecule has 17 heavy (non-hydrogen) atoms. The van der Waals surface area contributed by atoms with Gasteiger partial charge in [-0.3, -0.25) is 0 Å². The molecular formula is C13H17BrO2S. The van der Waals surface area contributed by atoms with Crippen LogP contribution in [-0.4, -0.2) is 30.3 Å². The highest BCUT2D eigenvalue weighted by Crippen LogP contribution is 2.26. The van der Waals surface area contributed by atoms with Crippen molar-refractivity contribution in [2.75, 3.05) is 19.0 Å². The maximum absolute atomic E-state index is 5.69. The van der Waals surface area contributed by atoms with Gasteiger partial charge in [0.05, 0.1) is 12.7 Å². The van der Waals surface area contributed by atoms with E-state index in [-0.39, 0.29) is 0 Å². The van der Waals surface area contributed by atoms with Gasteiger partial charge in [-0.25, -0.2) is 0 Å². The number of benzene rings is 1. The predicted octanol–water partition coefficient (Wildman–Crippen LogP) is 3.74. The Balaban J connectivity index is 1.66. The van der Waals surface area contributed by atoms with E-state index in [0.717, 1.165) is 29.2 Å². The van der Waals surface area contributed by atoms with Crippen LogP contribution in [0.2, 0.25) is 0 Å². The van der Waals surface area contributed by atoms with E-state index in [9.17, 15) is 0 Å². The number of halogens is 1. The molecular weight excluding hydrogens is 300 g/mol. The van der Waals surface area contributed by atoms with Crippen molar-refractivity contribution in [3.05, 3.63) is 28.7 Å². The first kappa shape index (κ1) is 13.2. The number of rotatable bonds is 5. The third kappa shape index (κ3) is 4.19. The average molecular weight is 317 g/mol. The van der Waals surface area contributed by atoms with Crippen LogP contribution in [0.25, 0.3) is 0 Å². The predicted molar refractivity (Wildman–Crippen MR) is 75.9 cm³/mol. The van der Waals surface area contributed by atoms with Gasteiger partial charge in [0, 0.05) is 22.1 Å². The smallest absolute Gasteiger partial charge is 0.120 e. The molecule has 1 aromatic rings. The zero-order valence-electron chi connectivity index (χ0n) is 9.90. The fourth-order valence-electron chi connectivity index (χ4n) is 1.85. The summed E-state index contributed by atoms with van der Waals surface area (Å²) in [6.45, 7) is 3.81. The molecule has 0 bridgehead atoms. The Morgan fingerprint density at radius 1 is 1.53 bits per heavy atom. The van der Waals surface area contributed by atoms with Gasteiger partial charge in [-0.15, -0.1) is 0 Å². The summed E-state index contributed by atoms with van der Waals surface area (Å²) in [7, 11) is 0. The van der Waals surface area contributed by atoms with E-state index in [1.807, 2.05) is 36.0 Å². The first-order valence-corrected chi connectivity index (χ1v) is 7.71. The van der Waals surface area contributed by atoms with Crippen LogP contribution in [0.15, 0.2) is 28.7 Å². The van der Waals surface area contributed by atoms with E-state index in [1.165, 1.54) is 6.42 Å². The SMILES string of the molecule is CC1OCCC1SCCOc1cccc(Br)c1. The summed E-state index contributed by atoms with van der Waals surface area (Å²) in [6.07, 6.45) is 1.56. The van der Waals surface area contributed by atoms with Gasteiger partial charge in [-0.1, -0.05) is 22.0 Å². The molecule has 1 heterocycles. The van der Waals surface area contributed by atoms with Gasteiger partial charge in [0.15, 0.2) is 0 Å². The van der Waals surface area contributed by atoms with Crippen LogP contribution >= 0.6 is 27.7 Å². The van der Waals surface area contributed by atoms with Crippen molar-refractivity contribution in [1.82, 2.24) is 0 Å². The van der Waals surface area contributed by atoms with E-state index in [4.69, 9.17) is 9.47 Å². The molecule has 1 aromatic carbocycles. The molecule has 0 amide bonds. The molecule has 4 heteroatoms. The minimum absolute atomic E-state index is 0.394. The van der Waals surface area contributed by atoms with Gasteiger partial charge >= 0.3 is 0 Å². The first-order valence-electron chi connectivity index (χ1n) is 5.87. The monoisotopic (exact) mass is 316 g/mol. The molecule has 1 fully saturated rings. The van der Waals surface area contributed by atoms with Crippen LogP contribution in [0, 0.1) is 0 Å². The molecule has 2 atom stereocenters. The zero-order chi connectivity index (χ0) is 12.1. The Bertz CT molecular complexity index is 359. The van der Waals surface area contributed by atoms with Crippen molar-refractivity contribution in [2.24, 2.45) is 0 Å². The number of hydrogen-bond donors (Lipinski definition) is 0. The summed E-state index contributed by atoms with van der Waals surface area (Å²) >= 11 is 5.38. The molecule has 1 saturated heterocycles. The van der Waals surface area contributed by atoms with Crippen LogP contribution in [-0.2, 0) is 4.74 Å². The second kappa shape index (κ2) is 6.66. The van der Waals surface area contributed by atoms with Crippen molar-refractivity contribution in [3.63, 3.8) is 0 Å². The molecule has 0 N–H and O–H groups in total. The Morgan fingerprint density at radius 3 is 3.12 bits per heavy atom. The molecule has 2 unspecified atom stereocenters. The maximum Gasteiger partial charge on any atom is 0.120 e. The Kier molecular flexibility index (Phi) is 5.19. The summed E-state index contributed by atoms with van der Waals surface area (Å²) in [6, 6.07) is 7.96. The van der Waals surface area contributed by atoms with E-state index >= 15 is 0 Å². The topological polar surface area (TPSA) is 18.5 Å². The van der Waals surface area contributed by atoms with Crippen LogP contribution in [0.1, 0.15) is 13.3 Å². The van der Waals surface area contributed by atoms with Gasteiger partial charge in [0.25, 0.3) is 0 Å². The lowest BCUT2D eigenvalue weighted by molar-refractivity contribution is 0.127. The highest BCUT2D eigenvalue weighted by Gasteiger charge is 2.23. The fraction of sp³-hybridized carbons (Fsp3) is 0.538. The third-order valence-electron chi connectivity index (χ3n) is 2.79. The Labute approximate surface area is 115 Å². The minimum Gasteiger partial charge on any atom is -0.493 e. The lowest BCUT2D eigenvalue weighted by Gasteiger charge is -2.13. The second-order valence-electron chi connectivity index (χ2n) is 4.08. The van der Waals surface area contributed by atoms with Gasteiger partial charge in [0.1, 0.15) is 5.75 Å². The summed E-state index contributed by atoms with van der Waals surface area (Å²) in [4.78, 5) is 0. The molecule has 0 aromatic heterocycles. The molecule has 2 nitrogen and oxygen atoms in total. The van der Waals surface area contributed by atoms with Gasteiger partial charge in [0.2, 0.25) is 0 Å². The molecule has 1 aliphatic heterocycles. The summed E-state index contributed by atoms with van der Waals surface area (Å²) in [5.74, 6) is 1.95. The molecule has 2 rings (SSSR count). The lowest BCUT2D eigenvalue weighted by Crippen LogP contribution is -2.15. The Hall–Kier alpha value is -0.190. The van der Waals surface area contributed by atoms with Crippen molar-refractivity contribution < 1.29 is 9.47 Å². The summed E-state index contributed by atoms with van der Waals surface area (Å²) < 4.78 is 12.3. The molecule has 0 spiro atoms. The van der Waals surface area contributed by atoms with Gasteiger partial charge in [-0.05, 0) is 31.5 Å². The highest BCUT2D eigenvalue weighted by atomic mass is 79.9. The molecule has 94 valence electrons. The average Bonchev–Trinajstić information content (AvgIpc) is 2.71. The van der Waals surface area contributed by atoms with E-state index in [1.54, 1.807) is 0 Å². The minimum atomic E-state index is 0.394. The fourth-order valence-corrected chi connectivity index (χ4v) is 3.32. The van der Waals surface area contributed by atoms with Gasteiger partial charge < -0.3 is 9.47 Å². The number of ether oxygens (including phenoxy) is 2. The molecule has 0 radical (unpaired) electrons. The summed E-state index contributed by atoms with van der Waals surface area (Å²) in [5.41, 5.74) is 0. The van der Waals surface area contributed by atoms with Crippen LogP contribution < -0.4 is 4.74 Å². The third-order valence-corrected chi connectivity index (χ3v) is 4.73. The van der Waals surface area contributed by atoms with Crippen LogP contribution in [0.3, 0.4) is 0 Å². The van der Waals surface area contributed by atoms with E-state index in [2.05, 4.69) is 22.9 Å². The number of thioether (sulfide) groups is 1. The van der Waals surface area contributed by atoms with Crippen LogP contribution in [0.4, 0.5) is 0 Å². The molecule has 1 aliphatic rings. The van der Waals surface area contributed by atoms with Crippen molar-refractivity contribution in [2.45, 2.75) is 24.7 Å². The molecule has 0 aliphatic carbocycles. The zero-order valence-corrected chi connectivity index (χ0v) is 12.3. The quantitative estimate of drug-likeness (QED) is 0.771. The summed E-state index contributed by atoms with van der Waals surface area (Å²) in [5, 5.41) is 0.640. The van der Waals surface area contributed by atoms with Crippen molar-refractivity contribution in [1.29, 1.82) is 0 Å². The normalized spacial score (nSPS) is 23.9. The van der Waals surface area contributed by atoms with Crippen molar-refractivity contribution in [3.8, 4) is 5.75 Å². The first-order chi connectivity index (χ1) is 8.25. The van der Waals surface area contributed by atoms with E-state index < -0.39 is 0 Å². The second-order valence-corrected chi connectivity index (χ2v) is 6.34. The maximum atomic E-state index is 5.69. The van der Waals surface area contributed by atoms with Crippen LogP contribution in [0.5, 0.6) is 5.75 Å². The number of hydrogen-bond acceptors (Lipinski definition) is 3. The lowest BCUT2D eigenvalue weighted by atomic mass is 10.3. The van der Waals surface area contributed by atoms with E-state index in [0.29, 0.717) is 11.4 Å². The van der Waals surface area contributed by atoms with Gasteiger partial charge in [-0.2, -0.15) is 11.8 Å². The Morgan fingerprint density at radius 2 is 2.41 bits per heavy atom. The largest absolute Gasteiger partial charge is 0.493 e. The standard InChI is InChI=1S/C13H17BrO2S/c1-10-13(5-6-15-10)17-8-7-16-12-4-2-3-11(14)9-12/h2-4,9-10,13H,5-8H2,1H3.